The fourth-order valence-corrected chi connectivity index (χ4v) is 3.52. The number of carbonyl (C=O) groups excluding carboxylic acids is 1. The lowest BCUT2D eigenvalue weighted by Crippen LogP contribution is -2.50. The predicted molar refractivity (Wildman–Crippen MR) is 115 cm³/mol. The second kappa shape index (κ2) is 7.55. The van der Waals surface area contributed by atoms with E-state index in [1.54, 1.807) is 4.90 Å². The Kier molecular flexibility index (Phi) is 5.05. The van der Waals surface area contributed by atoms with Gasteiger partial charge in [0.1, 0.15) is 22.5 Å². The van der Waals surface area contributed by atoms with Crippen LogP contribution in [0.1, 0.15) is 27.7 Å². The molecule has 1 amide bonds. The molecule has 9 heteroatoms. The average molecular weight is 413 g/mol. The molecule has 0 bridgehead atoms. The molecule has 3 heterocycles. The van der Waals surface area contributed by atoms with Gasteiger partial charge in [-0.25, -0.2) is 9.78 Å². The zero-order valence-electron chi connectivity index (χ0n) is 17.8. The third-order valence-corrected chi connectivity index (χ3v) is 4.83. The van der Waals surface area contributed by atoms with Crippen LogP contribution in [-0.2, 0) is 4.74 Å². The molecule has 0 unspecified atom stereocenters. The second-order valence-electron chi connectivity index (χ2n) is 8.23. The van der Waals surface area contributed by atoms with Gasteiger partial charge in [0.2, 0.25) is 5.95 Å². The highest BCUT2D eigenvalue weighted by atomic mass is 16.6. The molecule has 1 fully saturated rings. The van der Waals surface area contributed by atoms with Crippen molar-refractivity contribution < 1.29 is 18.7 Å². The summed E-state index contributed by atoms with van der Waals surface area (Å²) in [4.78, 5) is 25.0. The molecule has 1 aliphatic heterocycles. The first-order valence-electron chi connectivity index (χ1n) is 10.1. The number of rotatable bonds is 3. The quantitative estimate of drug-likeness (QED) is 0.696. The second-order valence-corrected chi connectivity index (χ2v) is 8.23. The first-order valence-corrected chi connectivity index (χ1v) is 10.1. The normalized spacial score (nSPS) is 15.1. The Morgan fingerprint density at radius 2 is 1.93 bits per heavy atom. The van der Waals surface area contributed by atoms with E-state index < -0.39 is 5.60 Å². The van der Waals surface area contributed by atoms with Crippen molar-refractivity contribution in [3.63, 3.8) is 0 Å². The average Bonchev–Trinajstić information content (AvgIpc) is 3.04. The number of amides is 1. The molecule has 160 valence electrons. The number of ether oxygens (including phenoxy) is 2. The van der Waals surface area contributed by atoms with Gasteiger partial charge in [0.15, 0.2) is 11.4 Å². The number of fused-ring (bicyclic) bond motifs is 3. The number of nitrogen functional groups attached to an aromatic ring is 1. The van der Waals surface area contributed by atoms with Crippen LogP contribution < -0.4 is 15.4 Å². The van der Waals surface area contributed by atoms with Gasteiger partial charge in [-0.2, -0.15) is 4.98 Å². The fourth-order valence-electron chi connectivity index (χ4n) is 3.52. The molecule has 0 spiro atoms. The minimum Gasteiger partial charge on any atom is -0.494 e. The maximum Gasteiger partial charge on any atom is 0.410 e. The summed E-state index contributed by atoms with van der Waals surface area (Å²) in [5.41, 5.74) is 7.43. The van der Waals surface area contributed by atoms with Crippen LogP contribution in [-0.4, -0.2) is 59.3 Å². The summed E-state index contributed by atoms with van der Waals surface area (Å²) in [6.45, 7) is 10.3. The molecule has 2 aromatic heterocycles. The number of aromatic nitrogens is 2. The Morgan fingerprint density at radius 3 is 2.60 bits per heavy atom. The molecule has 30 heavy (non-hydrogen) atoms. The highest BCUT2D eigenvalue weighted by Gasteiger charge is 2.28. The van der Waals surface area contributed by atoms with Crippen LogP contribution >= 0.6 is 0 Å². The number of carbonyl (C=O) groups is 1. The third kappa shape index (κ3) is 3.92. The van der Waals surface area contributed by atoms with Crippen molar-refractivity contribution in [3.8, 4) is 5.75 Å². The van der Waals surface area contributed by atoms with Crippen molar-refractivity contribution in [3.05, 3.63) is 18.2 Å². The van der Waals surface area contributed by atoms with E-state index in [2.05, 4.69) is 14.9 Å². The lowest BCUT2D eigenvalue weighted by atomic mass is 10.2. The number of benzene rings is 1. The Labute approximate surface area is 174 Å². The number of hydrogen-bond acceptors (Lipinski definition) is 8. The molecule has 1 aliphatic rings. The number of nitrogens with zero attached hydrogens (tertiary/aromatic N) is 4. The van der Waals surface area contributed by atoms with E-state index >= 15 is 0 Å². The van der Waals surface area contributed by atoms with Crippen molar-refractivity contribution in [1.29, 1.82) is 0 Å². The third-order valence-electron chi connectivity index (χ3n) is 4.83. The summed E-state index contributed by atoms with van der Waals surface area (Å²) in [5, 5.41) is 0.832. The summed E-state index contributed by atoms with van der Waals surface area (Å²) in [7, 11) is 0. The van der Waals surface area contributed by atoms with E-state index in [1.165, 1.54) is 0 Å². The van der Waals surface area contributed by atoms with Gasteiger partial charge in [-0.1, -0.05) is 0 Å². The number of hydrogen-bond donors (Lipinski definition) is 1. The number of piperazine rings is 1. The molecule has 0 saturated carbocycles. The topological polar surface area (TPSA) is 107 Å². The maximum absolute atomic E-state index is 12.3. The summed E-state index contributed by atoms with van der Waals surface area (Å²) < 4.78 is 17.2. The molecule has 0 radical (unpaired) electrons. The Balaban J connectivity index is 1.62. The maximum atomic E-state index is 12.3. The van der Waals surface area contributed by atoms with Crippen molar-refractivity contribution >= 4 is 39.9 Å². The molecule has 1 aromatic carbocycles. The van der Waals surface area contributed by atoms with E-state index in [0.29, 0.717) is 55.3 Å². The van der Waals surface area contributed by atoms with E-state index in [4.69, 9.17) is 19.6 Å². The minimum atomic E-state index is -0.518. The van der Waals surface area contributed by atoms with Crippen molar-refractivity contribution in [2.24, 2.45) is 0 Å². The molecule has 9 nitrogen and oxygen atoms in total. The standard InChI is InChI=1S/C21H27N5O4/c1-5-28-13-6-7-15-14(12-13)16-17(29-15)18(24-19(22)23-16)25-8-10-26(11-9-25)20(27)30-21(2,3)4/h6-7,12H,5,8-11H2,1-4H3,(H2,22,23,24). The van der Waals surface area contributed by atoms with Crippen LogP contribution in [0.5, 0.6) is 5.75 Å². The van der Waals surface area contributed by atoms with Gasteiger partial charge < -0.3 is 29.4 Å². The van der Waals surface area contributed by atoms with Crippen LogP contribution in [0.25, 0.3) is 22.1 Å². The first-order chi connectivity index (χ1) is 14.2. The van der Waals surface area contributed by atoms with Gasteiger partial charge in [-0.05, 0) is 45.9 Å². The molecule has 0 atom stereocenters. The zero-order valence-corrected chi connectivity index (χ0v) is 17.8. The van der Waals surface area contributed by atoms with Crippen LogP contribution in [0.4, 0.5) is 16.6 Å². The molecular weight excluding hydrogens is 386 g/mol. The summed E-state index contributed by atoms with van der Waals surface area (Å²) in [6.07, 6.45) is -0.304. The van der Waals surface area contributed by atoms with Crippen molar-refractivity contribution in [2.75, 3.05) is 43.4 Å². The summed E-state index contributed by atoms with van der Waals surface area (Å²) in [5.74, 6) is 1.56. The van der Waals surface area contributed by atoms with Crippen LogP contribution in [0, 0.1) is 0 Å². The highest BCUT2D eigenvalue weighted by molar-refractivity contribution is 6.06. The highest BCUT2D eigenvalue weighted by Crippen LogP contribution is 2.35. The van der Waals surface area contributed by atoms with Crippen LogP contribution in [0.15, 0.2) is 22.6 Å². The van der Waals surface area contributed by atoms with Gasteiger partial charge in [0.05, 0.1) is 12.0 Å². The van der Waals surface area contributed by atoms with Crippen LogP contribution in [0.2, 0.25) is 0 Å². The van der Waals surface area contributed by atoms with Crippen molar-refractivity contribution in [1.82, 2.24) is 14.9 Å². The molecule has 1 saturated heterocycles. The Hall–Kier alpha value is -3.23. The Bertz CT molecular complexity index is 1080. The van der Waals surface area contributed by atoms with Crippen LogP contribution in [0.3, 0.4) is 0 Å². The number of nitrogens with two attached hydrogens (primary N) is 1. The zero-order chi connectivity index (χ0) is 21.5. The summed E-state index contributed by atoms with van der Waals surface area (Å²) >= 11 is 0. The lowest BCUT2D eigenvalue weighted by Gasteiger charge is -2.36. The lowest BCUT2D eigenvalue weighted by molar-refractivity contribution is 0.0240. The monoisotopic (exact) mass is 413 g/mol. The van der Waals surface area contributed by atoms with E-state index in [0.717, 1.165) is 11.1 Å². The SMILES string of the molecule is CCOc1ccc2oc3c(N4CCN(C(=O)OC(C)(C)C)CC4)nc(N)nc3c2c1. The van der Waals surface area contributed by atoms with Gasteiger partial charge in [-0.3, -0.25) is 0 Å². The molecule has 4 rings (SSSR count). The fraction of sp³-hybridized carbons (Fsp3) is 0.476. The van der Waals surface area contributed by atoms with E-state index in [9.17, 15) is 4.79 Å². The van der Waals surface area contributed by atoms with E-state index in [-0.39, 0.29) is 12.0 Å². The number of furan rings is 1. The van der Waals surface area contributed by atoms with Gasteiger partial charge >= 0.3 is 6.09 Å². The molecule has 3 aromatic rings. The summed E-state index contributed by atoms with van der Waals surface area (Å²) in [6, 6.07) is 5.63. The smallest absolute Gasteiger partial charge is 0.410 e. The largest absolute Gasteiger partial charge is 0.494 e. The number of anilines is 2. The van der Waals surface area contributed by atoms with Crippen molar-refractivity contribution in [2.45, 2.75) is 33.3 Å². The van der Waals surface area contributed by atoms with Gasteiger partial charge in [-0.15, -0.1) is 0 Å². The van der Waals surface area contributed by atoms with Gasteiger partial charge in [0.25, 0.3) is 0 Å². The van der Waals surface area contributed by atoms with E-state index in [1.807, 2.05) is 45.9 Å². The molecule has 0 aliphatic carbocycles. The minimum absolute atomic E-state index is 0.177. The molecular formula is C21H27N5O4. The first kappa shape index (κ1) is 20.1. The predicted octanol–water partition coefficient (Wildman–Crippen LogP) is 3.41. The Morgan fingerprint density at radius 1 is 1.20 bits per heavy atom. The van der Waals surface area contributed by atoms with Gasteiger partial charge in [0, 0.05) is 26.2 Å². The molecule has 2 N–H and O–H groups in total.